The molecule has 2 heterocycles. The zero-order valence-electron chi connectivity index (χ0n) is 14.4. The number of hydrogen-bond acceptors (Lipinski definition) is 5. The third kappa shape index (κ3) is 3.35. The van der Waals surface area contributed by atoms with Gasteiger partial charge < -0.3 is 9.64 Å². The van der Waals surface area contributed by atoms with E-state index in [-0.39, 0.29) is 17.5 Å². The normalized spacial score (nSPS) is 17.8. The van der Waals surface area contributed by atoms with Crippen LogP contribution in [0.4, 0.5) is 5.69 Å². The van der Waals surface area contributed by atoms with E-state index in [4.69, 9.17) is 10.00 Å². The van der Waals surface area contributed by atoms with Crippen LogP contribution in [0.1, 0.15) is 29.5 Å². The lowest BCUT2D eigenvalue weighted by Crippen LogP contribution is -2.23. The van der Waals surface area contributed by atoms with Crippen LogP contribution in [0.5, 0.6) is 0 Å². The number of anilines is 1. The number of carbonyl (C=O) groups is 2. The second kappa shape index (κ2) is 6.89. The quantitative estimate of drug-likeness (QED) is 0.624. The summed E-state index contributed by atoms with van der Waals surface area (Å²) < 4.78 is 5.27. The first-order chi connectivity index (χ1) is 13.1. The van der Waals surface area contributed by atoms with Crippen molar-refractivity contribution in [3.63, 3.8) is 0 Å². The van der Waals surface area contributed by atoms with Gasteiger partial charge in [-0.3, -0.25) is 4.79 Å². The lowest BCUT2D eigenvalue weighted by molar-refractivity contribution is -0.130. The molecule has 0 unspecified atom stereocenters. The van der Waals surface area contributed by atoms with Crippen molar-refractivity contribution in [1.82, 2.24) is 0 Å². The first-order valence-corrected chi connectivity index (χ1v) is 8.57. The van der Waals surface area contributed by atoms with E-state index in [9.17, 15) is 9.59 Å². The van der Waals surface area contributed by atoms with Gasteiger partial charge in [-0.25, -0.2) is 9.79 Å². The van der Waals surface area contributed by atoms with Crippen LogP contribution in [-0.2, 0) is 14.3 Å². The molecular weight excluding hydrogens is 342 g/mol. The molecule has 1 amide bonds. The lowest BCUT2D eigenvalue weighted by atomic mass is 10.1. The minimum absolute atomic E-state index is 0.125. The van der Waals surface area contributed by atoms with Gasteiger partial charge in [-0.15, -0.1) is 0 Å². The molecule has 27 heavy (non-hydrogen) atoms. The van der Waals surface area contributed by atoms with Crippen LogP contribution in [0.3, 0.4) is 0 Å². The number of benzene rings is 2. The Morgan fingerprint density at radius 1 is 1.07 bits per heavy atom. The van der Waals surface area contributed by atoms with E-state index in [2.05, 4.69) is 4.99 Å². The third-order valence-corrected chi connectivity index (χ3v) is 4.46. The van der Waals surface area contributed by atoms with Gasteiger partial charge in [0.1, 0.15) is 0 Å². The van der Waals surface area contributed by atoms with Gasteiger partial charge in [0.25, 0.3) is 0 Å². The molecule has 0 N–H and O–H groups in total. The monoisotopic (exact) mass is 357 g/mol. The first-order valence-electron chi connectivity index (χ1n) is 8.57. The van der Waals surface area contributed by atoms with E-state index in [1.165, 1.54) is 0 Å². The van der Waals surface area contributed by atoms with E-state index < -0.39 is 5.97 Å². The molecule has 2 aliphatic heterocycles. The van der Waals surface area contributed by atoms with Crippen LogP contribution in [0.2, 0.25) is 0 Å². The van der Waals surface area contributed by atoms with Gasteiger partial charge in [0.15, 0.2) is 5.70 Å². The zero-order valence-corrected chi connectivity index (χ0v) is 14.4. The Bertz CT molecular complexity index is 1010. The van der Waals surface area contributed by atoms with Crippen LogP contribution in [-0.4, -0.2) is 24.3 Å². The van der Waals surface area contributed by atoms with Crippen molar-refractivity contribution in [2.45, 2.75) is 12.8 Å². The predicted molar refractivity (Wildman–Crippen MR) is 99.8 cm³/mol. The molecule has 132 valence electrons. The van der Waals surface area contributed by atoms with Crippen molar-refractivity contribution in [1.29, 1.82) is 5.26 Å². The maximum atomic E-state index is 12.1. The number of nitrogens with zero attached hydrogens (tertiary/aromatic N) is 3. The largest absolute Gasteiger partial charge is 0.402 e. The van der Waals surface area contributed by atoms with E-state index >= 15 is 0 Å². The highest BCUT2D eigenvalue weighted by Crippen LogP contribution is 2.24. The Morgan fingerprint density at radius 2 is 1.81 bits per heavy atom. The number of cyclic esters (lactones) is 1. The molecule has 0 aromatic heterocycles. The topological polar surface area (TPSA) is 82.8 Å². The van der Waals surface area contributed by atoms with Crippen LogP contribution in [0.25, 0.3) is 6.08 Å². The minimum atomic E-state index is -0.520. The smallest absolute Gasteiger partial charge is 0.363 e. The highest BCUT2D eigenvalue weighted by molar-refractivity contribution is 6.13. The number of nitriles is 1. The standard InChI is InChI=1S/C21H15N3O3/c22-13-15-5-3-14(4-6-15)12-18-21(26)27-20(23-18)16-7-9-17(10-8-16)24-11-1-2-19(24)25/h3-10,12H,1-2,11H2/b18-12-. The molecule has 0 radical (unpaired) electrons. The molecule has 6 nitrogen and oxygen atoms in total. The summed E-state index contributed by atoms with van der Waals surface area (Å²) in [6.45, 7) is 0.728. The predicted octanol–water partition coefficient (Wildman–Crippen LogP) is 3.03. The molecule has 0 spiro atoms. The molecule has 0 bridgehead atoms. The number of ether oxygens (including phenoxy) is 1. The second-order valence-corrected chi connectivity index (χ2v) is 6.27. The summed E-state index contributed by atoms with van der Waals surface area (Å²) in [6, 6.07) is 16.1. The number of carbonyl (C=O) groups excluding carboxylic acids is 2. The highest BCUT2D eigenvalue weighted by Gasteiger charge is 2.25. The Kier molecular flexibility index (Phi) is 4.27. The zero-order chi connectivity index (χ0) is 18.8. The van der Waals surface area contributed by atoms with E-state index in [1.54, 1.807) is 47.4 Å². The molecular formula is C21H15N3O3. The fourth-order valence-electron chi connectivity index (χ4n) is 3.05. The molecule has 2 aliphatic rings. The maximum absolute atomic E-state index is 12.1. The van der Waals surface area contributed by atoms with Crippen molar-refractivity contribution in [3.05, 3.63) is 70.9 Å². The molecule has 1 saturated heterocycles. The SMILES string of the molecule is N#Cc1ccc(/C=C2\N=C(c3ccc(N4CCCC4=O)cc3)OC2=O)cc1. The third-order valence-electron chi connectivity index (χ3n) is 4.46. The van der Waals surface area contributed by atoms with Gasteiger partial charge in [0, 0.05) is 24.2 Å². The molecule has 0 atom stereocenters. The summed E-state index contributed by atoms with van der Waals surface area (Å²) in [6.07, 6.45) is 3.07. The van der Waals surface area contributed by atoms with Gasteiger partial charge in [0.05, 0.1) is 11.6 Å². The number of hydrogen-bond donors (Lipinski definition) is 0. The molecule has 1 fully saturated rings. The first kappa shape index (κ1) is 16.7. The second-order valence-electron chi connectivity index (χ2n) is 6.27. The molecule has 2 aromatic rings. The van der Waals surface area contributed by atoms with E-state index in [0.29, 0.717) is 17.5 Å². The number of amides is 1. The summed E-state index contributed by atoms with van der Waals surface area (Å²) in [5.41, 5.74) is 3.01. The van der Waals surface area contributed by atoms with Crippen LogP contribution < -0.4 is 4.90 Å². The minimum Gasteiger partial charge on any atom is -0.402 e. The molecule has 2 aromatic carbocycles. The summed E-state index contributed by atoms with van der Waals surface area (Å²) in [7, 11) is 0. The van der Waals surface area contributed by atoms with Crippen molar-refractivity contribution in [2.75, 3.05) is 11.4 Å². The van der Waals surface area contributed by atoms with Crippen LogP contribution in [0.15, 0.2) is 59.2 Å². The van der Waals surface area contributed by atoms with Crippen LogP contribution >= 0.6 is 0 Å². The summed E-state index contributed by atoms with van der Waals surface area (Å²) in [4.78, 5) is 29.9. The average molecular weight is 357 g/mol. The molecule has 6 heteroatoms. The Labute approximate surface area is 156 Å². The van der Waals surface area contributed by atoms with Gasteiger partial charge >= 0.3 is 5.97 Å². The van der Waals surface area contributed by atoms with Crippen molar-refractivity contribution in [3.8, 4) is 6.07 Å². The number of rotatable bonds is 3. The summed E-state index contributed by atoms with van der Waals surface area (Å²) in [5.74, 6) is -0.160. The molecule has 0 aliphatic carbocycles. The molecule has 0 saturated carbocycles. The molecule has 4 rings (SSSR count). The Morgan fingerprint density at radius 3 is 2.44 bits per heavy atom. The maximum Gasteiger partial charge on any atom is 0.363 e. The fourth-order valence-corrected chi connectivity index (χ4v) is 3.05. The van der Waals surface area contributed by atoms with Gasteiger partial charge in [-0.05, 0) is 54.5 Å². The average Bonchev–Trinajstić information content (AvgIpc) is 3.28. The van der Waals surface area contributed by atoms with E-state index in [0.717, 1.165) is 24.2 Å². The van der Waals surface area contributed by atoms with Gasteiger partial charge in [-0.1, -0.05) is 12.1 Å². The van der Waals surface area contributed by atoms with E-state index in [1.807, 2.05) is 18.2 Å². The Balaban J connectivity index is 1.56. The lowest BCUT2D eigenvalue weighted by Gasteiger charge is -2.15. The number of esters is 1. The summed E-state index contributed by atoms with van der Waals surface area (Å²) >= 11 is 0. The summed E-state index contributed by atoms with van der Waals surface area (Å²) in [5, 5.41) is 8.84. The van der Waals surface area contributed by atoms with Gasteiger partial charge in [0.2, 0.25) is 11.8 Å². The van der Waals surface area contributed by atoms with Gasteiger partial charge in [-0.2, -0.15) is 5.26 Å². The van der Waals surface area contributed by atoms with Crippen LogP contribution in [0, 0.1) is 11.3 Å². The Hall–Kier alpha value is -3.72. The number of aliphatic imine (C=N–C) groups is 1. The van der Waals surface area contributed by atoms with Crippen molar-refractivity contribution in [2.24, 2.45) is 4.99 Å². The highest BCUT2D eigenvalue weighted by atomic mass is 16.6. The van der Waals surface area contributed by atoms with Crippen molar-refractivity contribution >= 4 is 29.5 Å². The fraction of sp³-hybridized carbons (Fsp3) is 0.143. The van der Waals surface area contributed by atoms with Crippen molar-refractivity contribution < 1.29 is 14.3 Å².